The van der Waals surface area contributed by atoms with E-state index in [1.165, 1.54) is 29.8 Å². The number of hydrogen-bond donors (Lipinski definition) is 1. The molecule has 0 amide bonds. The Balaban J connectivity index is 1.80. The number of fused-ring (bicyclic) bond motifs is 1. The van der Waals surface area contributed by atoms with Crippen LogP contribution < -0.4 is 4.72 Å². The zero-order chi connectivity index (χ0) is 19.6. The van der Waals surface area contributed by atoms with Crippen LogP contribution in [0.15, 0.2) is 23.4 Å². The van der Waals surface area contributed by atoms with Gasteiger partial charge in [-0.25, -0.2) is 31.3 Å². The number of halogens is 4. The average Bonchev–Trinajstić information content (AvgIpc) is 3.01. The first-order valence-corrected chi connectivity index (χ1v) is 10.2. The van der Waals surface area contributed by atoms with Crippen LogP contribution in [0.1, 0.15) is 24.8 Å². The van der Waals surface area contributed by atoms with E-state index >= 15 is 0 Å². The van der Waals surface area contributed by atoms with Gasteiger partial charge in [0.25, 0.3) is 6.43 Å². The van der Waals surface area contributed by atoms with E-state index in [4.69, 9.17) is 11.6 Å². The third-order valence-corrected chi connectivity index (χ3v) is 7.01. The number of alkyl halides is 3. The molecule has 3 aromatic rings. The third-order valence-electron chi connectivity index (χ3n) is 4.20. The maximum Gasteiger partial charge on any atom is 0.291 e. The van der Waals surface area contributed by atoms with E-state index in [1.54, 1.807) is 0 Å². The van der Waals surface area contributed by atoms with Gasteiger partial charge in [0.15, 0.2) is 15.8 Å². The first kappa shape index (κ1) is 18.6. The molecule has 2 unspecified atom stereocenters. The Morgan fingerprint density at radius 1 is 1.44 bits per heavy atom. The molecule has 7 nitrogen and oxygen atoms in total. The van der Waals surface area contributed by atoms with Crippen molar-refractivity contribution in [3.8, 4) is 10.8 Å². The fraction of sp³-hybridized carbons (Fsp3) is 0.357. The van der Waals surface area contributed by atoms with Crippen molar-refractivity contribution in [3.63, 3.8) is 0 Å². The van der Waals surface area contributed by atoms with Gasteiger partial charge < -0.3 is 0 Å². The number of hydrogen-bond acceptors (Lipinski definition) is 6. The predicted molar refractivity (Wildman–Crippen MR) is 92.3 cm³/mol. The maximum atomic E-state index is 13.4. The fourth-order valence-corrected chi connectivity index (χ4v) is 5.01. The van der Waals surface area contributed by atoms with Gasteiger partial charge in [-0.2, -0.15) is 0 Å². The highest BCUT2D eigenvalue weighted by atomic mass is 35.5. The molecule has 3 heterocycles. The van der Waals surface area contributed by atoms with Gasteiger partial charge in [0, 0.05) is 12.6 Å². The molecule has 0 aromatic carbocycles. The topological polar surface area (TPSA) is 89.2 Å². The van der Waals surface area contributed by atoms with Crippen molar-refractivity contribution >= 4 is 38.5 Å². The van der Waals surface area contributed by atoms with E-state index in [1.807, 2.05) is 0 Å². The number of imidazole rings is 1. The van der Waals surface area contributed by atoms with E-state index < -0.39 is 33.2 Å². The van der Waals surface area contributed by atoms with E-state index in [-0.39, 0.29) is 27.2 Å². The molecule has 144 valence electrons. The normalized spacial score (nSPS) is 22.7. The molecule has 0 spiro atoms. The quantitative estimate of drug-likeness (QED) is 0.662. The van der Waals surface area contributed by atoms with E-state index in [2.05, 4.69) is 19.9 Å². The second-order valence-electron chi connectivity index (χ2n) is 6.30. The van der Waals surface area contributed by atoms with E-state index in [0.29, 0.717) is 16.9 Å². The summed E-state index contributed by atoms with van der Waals surface area (Å²) in [6.07, 6.45) is -1.36. The average molecular weight is 438 g/mol. The second kappa shape index (κ2) is 6.12. The van der Waals surface area contributed by atoms with Crippen molar-refractivity contribution in [2.24, 2.45) is 0 Å². The maximum absolute atomic E-state index is 13.4. The lowest BCUT2D eigenvalue weighted by molar-refractivity contribution is 0.150. The van der Waals surface area contributed by atoms with Gasteiger partial charge in [-0.05, 0) is 13.0 Å². The molecule has 0 bridgehead atoms. The highest BCUT2D eigenvalue weighted by Crippen LogP contribution is 2.40. The summed E-state index contributed by atoms with van der Waals surface area (Å²) in [6, 6.07) is 1.22. The highest BCUT2D eigenvalue weighted by Gasteiger charge is 2.53. The zero-order valence-corrected chi connectivity index (χ0v) is 15.9. The minimum Gasteiger partial charge on any atom is -0.295 e. The molecule has 4 rings (SSSR count). The molecular weight excluding hydrogens is 427 g/mol. The molecule has 1 N–H and O–H groups in total. The van der Waals surface area contributed by atoms with Crippen LogP contribution in [-0.4, -0.2) is 39.7 Å². The molecule has 3 aromatic heterocycles. The predicted octanol–water partition coefficient (Wildman–Crippen LogP) is 3.22. The standard InChI is InChI=1S/C14H11ClF3N5O2S2/c1-14(3-9(14)16)22-27(24,25)6-2-7(15)8-4-19-11(23(8)5-6)13-21-20-12(26-13)10(17)18/h2,4-5,9-10,22H,3H2,1H3. The summed E-state index contributed by atoms with van der Waals surface area (Å²) in [4.78, 5) is 3.88. The lowest BCUT2D eigenvalue weighted by atomic mass is 10.4. The Hall–Kier alpha value is -1.76. The van der Waals surface area contributed by atoms with Gasteiger partial charge in [-0.1, -0.05) is 22.9 Å². The minimum absolute atomic E-state index is 0.0768. The Bertz CT molecular complexity index is 1150. The van der Waals surface area contributed by atoms with Gasteiger partial charge in [0.1, 0.15) is 11.1 Å². The van der Waals surface area contributed by atoms with Crippen LogP contribution in [0.5, 0.6) is 0 Å². The summed E-state index contributed by atoms with van der Waals surface area (Å²) < 4.78 is 67.8. The first-order chi connectivity index (χ1) is 12.6. The molecule has 0 aliphatic heterocycles. The van der Waals surface area contributed by atoms with Crippen molar-refractivity contribution < 1.29 is 21.6 Å². The lowest BCUT2D eigenvalue weighted by Crippen LogP contribution is -2.36. The monoisotopic (exact) mass is 437 g/mol. The Labute approximate surface area is 160 Å². The van der Waals surface area contributed by atoms with Crippen LogP contribution in [0.3, 0.4) is 0 Å². The number of aromatic nitrogens is 4. The van der Waals surface area contributed by atoms with Crippen LogP contribution in [0.25, 0.3) is 16.3 Å². The van der Waals surface area contributed by atoms with Gasteiger partial charge >= 0.3 is 0 Å². The summed E-state index contributed by atoms with van der Waals surface area (Å²) in [5.41, 5.74) is -0.788. The second-order valence-corrected chi connectivity index (χ2v) is 9.40. The van der Waals surface area contributed by atoms with Gasteiger partial charge in [0.2, 0.25) is 10.0 Å². The Morgan fingerprint density at radius 3 is 2.74 bits per heavy atom. The summed E-state index contributed by atoms with van der Waals surface area (Å²) >= 11 is 6.80. The van der Waals surface area contributed by atoms with Crippen LogP contribution in [0.2, 0.25) is 5.02 Å². The lowest BCUT2D eigenvalue weighted by Gasteiger charge is -2.13. The summed E-state index contributed by atoms with van der Waals surface area (Å²) in [6.45, 7) is 1.46. The third kappa shape index (κ3) is 3.20. The smallest absolute Gasteiger partial charge is 0.291 e. The highest BCUT2D eigenvalue weighted by molar-refractivity contribution is 7.89. The number of nitrogens with zero attached hydrogens (tertiary/aromatic N) is 4. The Morgan fingerprint density at radius 2 is 2.15 bits per heavy atom. The van der Waals surface area contributed by atoms with Gasteiger partial charge in [0.05, 0.1) is 22.3 Å². The van der Waals surface area contributed by atoms with Crippen molar-refractivity contribution in [2.75, 3.05) is 0 Å². The molecule has 1 aliphatic rings. The van der Waals surface area contributed by atoms with E-state index in [0.717, 1.165) is 0 Å². The summed E-state index contributed by atoms with van der Waals surface area (Å²) in [5.74, 6) is 0.120. The molecule has 13 heteroatoms. The number of sulfonamides is 1. The van der Waals surface area contributed by atoms with Crippen LogP contribution >= 0.6 is 22.9 Å². The summed E-state index contributed by atoms with van der Waals surface area (Å²) in [5, 5.41) is 6.76. The summed E-state index contributed by atoms with van der Waals surface area (Å²) in [7, 11) is -4.06. The molecule has 1 aliphatic carbocycles. The van der Waals surface area contributed by atoms with Crippen LogP contribution in [0.4, 0.5) is 13.2 Å². The van der Waals surface area contributed by atoms with Crippen molar-refractivity contribution in [2.45, 2.75) is 36.4 Å². The molecule has 2 atom stereocenters. The van der Waals surface area contributed by atoms with Crippen LogP contribution in [-0.2, 0) is 10.0 Å². The zero-order valence-electron chi connectivity index (χ0n) is 13.5. The van der Waals surface area contributed by atoms with Crippen molar-refractivity contribution in [3.05, 3.63) is 28.5 Å². The molecule has 0 saturated heterocycles. The first-order valence-electron chi connectivity index (χ1n) is 7.57. The van der Waals surface area contributed by atoms with E-state index in [9.17, 15) is 21.6 Å². The number of pyridine rings is 1. The number of rotatable bonds is 5. The van der Waals surface area contributed by atoms with Crippen LogP contribution in [0, 0.1) is 0 Å². The Kier molecular flexibility index (Phi) is 4.22. The largest absolute Gasteiger partial charge is 0.295 e. The fourth-order valence-electron chi connectivity index (χ4n) is 2.53. The van der Waals surface area contributed by atoms with Crippen molar-refractivity contribution in [1.29, 1.82) is 0 Å². The number of nitrogens with one attached hydrogen (secondary N) is 1. The van der Waals surface area contributed by atoms with Crippen molar-refractivity contribution in [1.82, 2.24) is 24.3 Å². The SMILES string of the molecule is CC1(NS(=O)(=O)c2cc(Cl)c3cnc(-c4nnc(C(F)F)s4)n3c2)CC1F. The molecule has 27 heavy (non-hydrogen) atoms. The minimum atomic E-state index is -4.06. The molecular formula is C14H11ClF3N5O2S2. The van der Waals surface area contributed by atoms with Gasteiger partial charge in [-0.15, -0.1) is 10.2 Å². The molecule has 0 radical (unpaired) electrons. The van der Waals surface area contributed by atoms with Gasteiger partial charge in [-0.3, -0.25) is 4.40 Å². The molecule has 1 fully saturated rings. The molecule has 1 saturated carbocycles.